The molecule has 0 atom stereocenters. The van der Waals surface area contributed by atoms with Crippen LogP contribution in [0.25, 0.3) is 11.1 Å². The van der Waals surface area contributed by atoms with Crippen molar-refractivity contribution in [3.05, 3.63) is 48.5 Å². The van der Waals surface area contributed by atoms with E-state index in [2.05, 4.69) is 5.32 Å². The fourth-order valence-corrected chi connectivity index (χ4v) is 3.09. The third kappa shape index (κ3) is 3.47. The van der Waals surface area contributed by atoms with E-state index in [1.54, 1.807) is 13.0 Å². The summed E-state index contributed by atoms with van der Waals surface area (Å²) in [7, 11) is 0. The third-order valence-electron chi connectivity index (χ3n) is 4.42. The molecule has 1 saturated heterocycles. The molecule has 0 saturated carbocycles. The Kier molecular flexibility index (Phi) is 4.51. The number of para-hydroxylation sites is 1. The molecule has 2 aromatic rings. The van der Waals surface area contributed by atoms with Gasteiger partial charge in [-0.05, 0) is 24.5 Å². The average Bonchev–Trinajstić information content (AvgIpc) is 2.58. The summed E-state index contributed by atoms with van der Waals surface area (Å²) in [6.45, 7) is 3.15. The minimum absolute atomic E-state index is 0.135. The Morgan fingerprint density at radius 3 is 2.43 bits per heavy atom. The van der Waals surface area contributed by atoms with Crippen LogP contribution >= 0.6 is 0 Å². The van der Waals surface area contributed by atoms with E-state index in [0.29, 0.717) is 0 Å². The summed E-state index contributed by atoms with van der Waals surface area (Å²) in [4.78, 5) is 13.3. The Balaban J connectivity index is 1.80. The van der Waals surface area contributed by atoms with Crippen molar-refractivity contribution in [2.45, 2.75) is 25.8 Å². The number of nitrogens with zero attached hydrogens (tertiary/aromatic N) is 1. The number of rotatable bonds is 3. The molecule has 0 spiro atoms. The zero-order valence-corrected chi connectivity index (χ0v) is 13.3. The lowest BCUT2D eigenvalue weighted by atomic mass is 10.00. The summed E-state index contributed by atoms with van der Waals surface area (Å²) in [5, 5.41) is 13.8. The molecule has 1 fully saturated rings. The van der Waals surface area contributed by atoms with E-state index in [0.717, 1.165) is 42.7 Å². The molecule has 1 amide bonds. The predicted molar refractivity (Wildman–Crippen MR) is 92.4 cm³/mol. The molecule has 23 heavy (non-hydrogen) atoms. The van der Waals surface area contributed by atoms with Gasteiger partial charge in [-0.1, -0.05) is 42.5 Å². The summed E-state index contributed by atoms with van der Waals surface area (Å²) in [5.41, 5.74) is 2.85. The highest BCUT2D eigenvalue weighted by atomic mass is 16.3. The topological polar surface area (TPSA) is 52.6 Å². The first kappa shape index (κ1) is 15.4. The summed E-state index contributed by atoms with van der Waals surface area (Å²) >= 11 is 0. The molecule has 0 unspecified atom stereocenters. The van der Waals surface area contributed by atoms with Crippen molar-refractivity contribution in [1.82, 2.24) is 4.90 Å². The standard InChI is InChI=1S/C19H22N2O2/c1-14(22)21-12-10-16(11-13-21)20-19-17(8-5-9-18(19)23)15-6-3-2-4-7-15/h2-9,16,20,23H,10-13H2,1H3. The number of hydrogen-bond acceptors (Lipinski definition) is 3. The van der Waals surface area contributed by atoms with Gasteiger partial charge >= 0.3 is 0 Å². The first-order valence-corrected chi connectivity index (χ1v) is 8.04. The number of nitrogens with one attached hydrogen (secondary N) is 1. The van der Waals surface area contributed by atoms with Crippen molar-refractivity contribution >= 4 is 11.6 Å². The predicted octanol–water partition coefficient (Wildman–Crippen LogP) is 3.48. The van der Waals surface area contributed by atoms with Gasteiger partial charge in [-0.15, -0.1) is 0 Å². The summed E-state index contributed by atoms with van der Waals surface area (Å²) in [5.74, 6) is 0.399. The van der Waals surface area contributed by atoms with Crippen molar-refractivity contribution in [2.75, 3.05) is 18.4 Å². The number of phenols is 1. The monoisotopic (exact) mass is 310 g/mol. The molecule has 2 N–H and O–H groups in total. The lowest BCUT2D eigenvalue weighted by Crippen LogP contribution is -2.41. The van der Waals surface area contributed by atoms with Crippen molar-refractivity contribution in [3.8, 4) is 16.9 Å². The smallest absolute Gasteiger partial charge is 0.219 e. The summed E-state index contributed by atoms with van der Waals surface area (Å²) in [6.07, 6.45) is 1.78. The maximum absolute atomic E-state index is 11.4. The van der Waals surface area contributed by atoms with Crippen molar-refractivity contribution < 1.29 is 9.90 Å². The maximum atomic E-state index is 11.4. The number of aromatic hydroxyl groups is 1. The molecule has 0 radical (unpaired) electrons. The Hall–Kier alpha value is -2.49. The molecular weight excluding hydrogens is 288 g/mol. The van der Waals surface area contributed by atoms with E-state index < -0.39 is 0 Å². The van der Waals surface area contributed by atoms with Crippen LogP contribution in [0.4, 0.5) is 5.69 Å². The van der Waals surface area contributed by atoms with Crippen LogP contribution < -0.4 is 5.32 Å². The van der Waals surface area contributed by atoms with Crippen LogP contribution in [0.15, 0.2) is 48.5 Å². The molecule has 0 aromatic heterocycles. The van der Waals surface area contributed by atoms with Crippen LogP contribution in [0.5, 0.6) is 5.75 Å². The minimum atomic E-state index is 0.135. The average molecular weight is 310 g/mol. The number of carbonyl (C=O) groups excluding carboxylic acids is 1. The Labute approximate surface area is 136 Å². The zero-order valence-electron chi connectivity index (χ0n) is 13.3. The molecule has 1 heterocycles. The van der Waals surface area contributed by atoms with E-state index in [1.165, 1.54) is 0 Å². The van der Waals surface area contributed by atoms with Crippen LogP contribution in [0, 0.1) is 0 Å². The molecule has 3 rings (SSSR count). The number of benzene rings is 2. The molecule has 2 aromatic carbocycles. The van der Waals surface area contributed by atoms with Gasteiger partial charge in [-0.25, -0.2) is 0 Å². The normalized spacial score (nSPS) is 15.4. The lowest BCUT2D eigenvalue weighted by molar-refractivity contribution is -0.129. The second kappa shape index (κ2) is 6.73. The Morgan fingerprint density at radius 1 is 1.09 bits per heavy atom. The highest BCUT2D eigenvalue weighted by molar-refractivity contribution is 5.82. The van der Waals surface area contributed by atoms with Crippen LogP contribution in [-0.4, -0.2) is 35.0 Å². The Morgan fingerprint density at radius 2 is 1.78 bits per heavy atom. The first-order chi connectivity index (χ1) is 11.1. The van der Waals surface area contributed by atoms with E-state index in [9.17, 15) is 9.90 Å². The SMILES string of the molecule is CC(=O)N1CCC(Nc2c(O)cccc2-c2ccccc2)CC1. The first-order valence-electron chi connectivity index (χ1n) is 8.04. The molecule has 0 bridgehead atoms. The van der Waals surface area contributed by atoms with Gasteiger partial charge in [-0.2, -0.15) is 0 Å². The van der Waals surface area contributed by atoms with Crippen molar-refractivity contribution in [2.24, 2.45) is 0 Å². The van der Waals surface area contributed by atoms with Crippen molar-refractivity contribution in [3.63, 3.8) is 0 Å². The molecule has 1 aliphatic heterocycles. The van der Waals surface area contributed by atoms with Gasteiger partial charge in [0.1, 0.15) is 5.75 Å². The number of phenolic OH excluding ortho intramolecular Hbond substituents is 1. The van der Waals surface area contributed by atoms with Gasteiger partial charge in [0.05, 0.1) is 5.69 Å². The number of piperidine rings is 1. The minimum Gasteiger partial charge on any atom is -0.506 e. The van der Waals surface area contributed by atoms with Crippen LogP contribution in [0.3, 0.4) is 0 Å². The summed E-state index contributed by atoms with van der Waals surface area (Å²) in [6, 6.07) is 15.9. The van der Waals surface area contributed by atoms with E-state index >= 15 is 0 Å². The third-order valence-corrected chi connectivity index (χ3v) is 4.42. The second-order valence-corrected chi connectivity index (χ2v) is 5.99. The van der Waals surface area contributed by atoms with E-state index in [4.69, 9.17) is 0 Å². The molecule has 4 nitrogen and oxygen atoms in total. The fraction of sp³-hybridized carbons (Fsp3) is 0.316. The van der Waals surface area contributed by atoms with Gasteiger partial charge in [-0.3, -0.25) is 4.79 Å². The number of hydrogen-bond donors (Lipinski definition) is 2. The molecule has 0 aliphatic carbocycles. The molecule has 1 aliphatic rings. The molecule has 4 heteroatoms. The van der Waals surface area contributed by atoms with Crippen LogP contribution in [-0.2, 0) is 4.79 Å². The lowest BCUT2D eigenvalue weighted by Gasteiger charge is -2.32. The van der Waals surface area contributed by atoms with E-state index in [1.807, 2.05) is 47.4 Å². The number of anilines is 1. The highest BCUT2D eigenvalue weighted by Crippen LogP contribution is 2.36. The molecule has 120 valence electrons. The van der Waals surface area contributed by atoms with Gasteiger partial charge in [0.15, 0.2) is 0 Å². The van der Waals surface area contributed by atoms with Gasteiger partial charge in [0.25, 0.3) is 0 Å². The van der Waals surface area contributed by atoms with Crippen LogP contribution in [0.2, 0.25) is 0 Å². The largest absolute Gasteiger partial charge is 0.506 e. The van der Waals surface area contributed by atoms with E-state index in [-0.39, 0.29) is 17.7 Å². The molecular formula is C19H22N2O2. The fourth-order valence-electron chi connectivity index (χ4n) is 3.09. The van der Waals surface area contributed by atoms with Gasteiger partial charge in [0.2, 0.25) is 5.91 Å². The van der Waals surface area contributed by atoms with Gasteiger partial charge in [0, 0.05) is 31.6 Å². The quantitative estimate of drug-likeness (QED) is 0.853. The zero-order chi connectivity index (χ0) is 16.2. The summed E-state index contributed by atoms with van der Waals surface area (Å²) < 4.78 is 0. The number of likely N-dealkylation sites (tertiary alicyclic amines) is 1. The van der Waals surface area contributed by atoms with Crippen LogP contribution in [0.1, 0.15) is 19.8 Å². The number of amides is 1. The maximum Gasteiger partial charge on any atom is 0.219 e. The highest BCUT2D eigenvalue weighted by Gasteiger charge is 2.22. The van der Waals surface area contributed by atoms with Crippen molar-refractivity contribution in [1.29, 1.82) is 0 Å². The van der Waals surface area contributed by atoms with Gasteiger partial charge < -0.3 is 15.3 Å². The Bertz CT molecular complexity index is 677. The second-order valence-electron chi connectivity index (χ2n) is 5.99. The number of carbonyl (C=O) groups is 1.